The van der Waals surface area contributed by atoms with Crippen LogP contribution in [0.3, 0.4) is 0 Å². The van der Waals surface area contributed by atoms with Gasteiger partial charge in [-0.3, -0.25) is 0 Å². The van der Waals surface area contributed by atoms with E-state index in [9.17, 15) is 4.39 Å². The number of hydrogen-bond donors (Lipinski definition) is 1. The van der Waals surface area contributed by atoms with Crippen LogP contribution in [0.4, 0.5) is 4.39 Å². The minimum Gasteiger partial charge on any atom is -0.307 e. The second-order valence-electron chi connectivity index (χ2n) is 4.27. The van der Waals surface area contributed by atoms with Crippen molar-refractivity contribution in [3.8, 4) is 0 Å². The summed E-state index contributed by atoms with van der Waals surface area (Å²) in [6.45, 7) is 4.49. The molecule has 0 spiro atoms. The van der Waals surface area contributed by atoms with Crippen molar-refractivity contribution in [1.82, 2.24) is 5.32 Å². The number of rotatable bonds is 1. The van der Waals surface area contributed by atoms with Gasteiger partial charge in [0.2, 0.25) is 0 Å². The number of halogens is 1. The third-order valence-electron chi connectivity index (χ3n) is 3.06. The van der Waals surface area contributed by atoms with Crippen LogP contribution in [0.25, 0.3) is 0 Å². The maximum atomic E-state index is 14.1. The Labute approximate surface area is 84.3 Å². The van der Waals surface area contributed by atoms with Gasteiger partial charge in [0.25, 0.3) is 0 Å². The van der Waals surface area contributed by atoms with Crippen LogP contribution in [0.2, 0.25) is 0 Å². The first-order valence-electron chi connectivity index (χ1n) is 5.09. The van der Waals surface area contributed by atoms with Crippen LogP contribution in [-0.4, -0.2) is 12.2 Å². The molecule has 2 atom stereocenters. The molecule has 2 heteroatoms. The SMILES string of the molecule is Cc1ccccc1C1NCCC1(C)F. The Bertz CT molecular complexity index is 333. The van der Waals surface area contributed by atoms with Gasteiger partial charge >= 0.3 is 0 Å². The van der Waals surface area contributed by atoms with E-state index >= 15 is 0 Å². The van der Waals surface area contributed by atoms with E-state index in [1.807, 2.05) is 31.2 Å². The lowest BCUT2D eigenvalue weighted by Gasteiger charge is -2.24. The Morgan fingerprint density at radius 1 is 1.43 bits per heavy atom. The van der Waals surface area contributed by atoms with Crippen LogP contribution >= 0.6 is 0 Å². The molecule has 1 fully saturated rings. The average molecular weight is 193 g/mol. The topological polar surface area (TPSA) is 12.0 Å². The Morgan fingerprint density at radius 2 is 2.14 bits per heavy atom. The van der Waals surface area contributed by atoms with Crippen molar-refractivity contribution in [3.63, 3.8) is 0 Å². The van der Waals surface area contributed by atoms with Gasteiger partial charge in [-0.2, -0.15) is 0 Å². The fourth-order valence-electron chi connectivity index (χ4n) is 2.16. The largest absolute Gasteiger partial charge is 0.307 e. The quantitative estimate of drug-likeness (QED) is 0.723. The molecule has 76 valence electrons. The molecule has 1 aliphatic heterocycles. The molecule has 1 aliphatic rings. The molecule has 1 aromatic rings. The maximum Gasteiger partial charge on any atom is 0.128 e. The highest BCUT2D eigenvalue weighted by atomic mass is 19.1. The highest BCUT2D eigenvalue weighted by Crippen LogP contribution is 2.37. The molecule has 14 heavy (non-hydrogen) atoms. The van der Waals surface area contributed by atoms with E-state index in [0.29, 0.717) is 6.42 Å². The lowest BCUT2D eigenvalue weighted by molar-refractivity contribution is 0.168. The van der Waals surface area contributed by atoms with Crippen LogP contribution in [-0.2, 0) is 0 Å². The number of hydrogen-bond acceptors (Lipinski definition) is 1. The summed E-state index contributed by atoms with van der Waals surface area (Å²) in [5.74, 6) is 0. The fourth-order valence-corrected chi connectivity index (χ4v) is 2.16. The monoisotopic (exact) mass is 193 g/mol. The molecular formula is C12H16FN. The summed E-state index contributed by atoms with van der Waals surface area (Å²) in [5.41, 5.74) is 1.15. The van der Waals surface area contributed by atoms with Crippen LogP contribution in [0, 0.1) is 6.92 Å². The van der Waals surface area contributed by atoms with Gasteiger partial charge < -0.3 is 5.32 Å². The highest BCUT2D eigenvalue weighted by Gasteiger charge is 2.40. The minimum absolute atomic E-state index is 0.135. The van der Waals surface area contributed by atoms with E-state index in [4.69, 9.17) is 0 Å². The Morgan fingerprint density at radius 3 is 2.71 bits per heavy atom. The third-order valence-corrected chi connectivity index (χ3v) is 3.06. The summed E-state index contributed by atoms with van der Waals surface area (Å²) in [4.78, 5) is 0. The molecule has 0 aromatic heterocycles. The fraction of sp³-hybridized carbons (Fsp3) is 0.500. The molecule has 0 bridgehead atoms. The molecule has 0 aliphatic carbocycles. The van der Waals surface area contributed by atoms with Crippen molar-refractivity contribution in [2.24, 2.45) is 0 Å². The zero-order chi connectivity index (χ0) is 10.2. The van der Waals surface area contributed by atoms with Crippen LogP contribution in [0.15, 0.2) is 24.3 Å². The Kier molecular flexibility index (Phi) is 2.31. The third kappa shape index (κ3) is 1.55. The molecular weight excluding hydrogens is 177 g/mol. The van der Waals surface area contributed by atoms with Crippen molar-refractivity contribution < 1.29 is 4.39 Å². The summed E-state index contributed by atoms with van der Waals surface area (Å²) >= 11 is 0. The van der Waals surface area contributed by atoms with E-state index in [1.165, 1.54) is 0 Å². The summed E-state index contributed by atoms with van der Waals surface area (Å²) in [7, 11) is 0. The van der Waals surface area contributed by atoms with Gasteiger partial charge in [0.1, 0.15) is 5.67 Å². The number of alkyl halides is 1. The Hall–Kier alpha value is -0.890. The average Bonchev–Trinajstić information content (AvgIpc) is 2.46. The Balaban J connectivity index is 2.36. The van der Waals surface area contributed by atoms with Crippen molar-refractivity contribution >= 4 is 0 Å². The molecule has 1 nitrogen and oxygen atoms in total. The van der Waals surface area contributed by atoms with Crippen LogP contribution in [0.1, 0.15) is 30.5 Å². The van der Waals surface area contributed by atoms with Crippen molar-refractivity contribution in [2.45, 2.75) is 32.0 Å². The molecule has 0 amide bonds. The van der Waals surface area contributed by atoms with Gasteiger partial charge in [-0.05, 0) is 37.9 Å². The predicted octanol–water partition coefficient (Wildman–Crippen LogP) is 2.76. The van der Waals surface area contributed by atoms with Crippen LogP contribution in [0.5, 0.6) is 0 Å². The normalized spacial score (nSPS) is 32.1. The van der Waals surface area contributed by atoms with Crippen molar-refractivity contribution in [1.29, 1.82) is 0 Å². The van der Waals surface area contributed by atoms with E-state index in [2.05, 4.69) is 5.32 Å². The maximum absolute atomic E-state index is 14.1. The van der Waals surface area contributed by atoms with Gasteiger partial charge in [-0.25, -0.2) is 4.39 Å². The van der Waals surface area contributed by atoms with Crippen molar-refractivity contribution in [3.05, 3.63) is 35.4 Å². The van der Waals surface area contributed by atoms with Gasteiger partial charge in [0, 0.05) is 0 Å². The highest BCUT2D eigenvalue weighted by molar-refractivity contribution is 5.31. The van der Waals surface area contributed by atoms with Gasteiger partial charge in [0.15, 0.2) is 0 Å². The number of nitrogens with one attached hydrogen (secondary N) is 1. The van der Waals surface area contributed by atoms with Gasteiger partial charge in [-0.15, -0.1) is 0 Å². The molecule has 0 radical (unpaired) electrons. The number of benzene rings is 1. The predicted molar refractivity (Wildman–Crippen MR) is 56.1 cm³/mol. The summed E-state index contributed by atoms with van der Waals surface area (Å²) < 4.78 is 14.1. The van der Waals surface area contributed by atoms with Crippen molar-refractivity contribution in [2.75, 3.05) is 6.54 Å². The summed E-state index contributed by atoms with van der Waals surface area (Å²) in [5, 5.41) is 3.23. The molecule has 2 unspecified atom stereocenters. The molecule has 1 aromatic carbocycles. The lowest BCUT2D eigenvalue weighted by atomic mass is 9.90. The second kappa shape index (κ2) is 3.35. The minimum atomic E-state index is -1.11. The van der Waals surface area contributed by atoms with Gasteiger partial charge in [0.05, 0.1) is 6.04 Å². The summed E-state index contributed by atoms with van der Waals surface area (Å²) in [6.07, 6.45) is 0.603. The first-order valence-corrected chi connectivity index (χ1v) is 5.09. The molecule has 1 heterocycles. The molecule has 0 saturated carbocycles. The molecule has 2 rings (SSSR count). The van der Waals surface area contributed by atoms with E-state index < -0.39 is 5.67 Å². The first-order chi connectivity index (χ1) is 6.61. The van der Waals surface area contributed by atoms with E-state index in [1.54, 1.807) is 6.92 Å². The number of aryl methyl sites for hydroxylation is 1. The standard InChI is InChI=1S/C12H16FN/c1-9-5-3-4-6-10(9)11-12(2,13)7-8-14-11/h3-6,11,14H,7-8H2,1-2H3. The van der Waals surface area contributed by atoms with Crippen LogP contribution < -0.4 is 5.32 Å². The smallest absolute Gasteiger partial charge is 0.128 e. The van der Waals surface area contributed by atoms with E-state index in [0.717, 1.165) is 17.7 Å². The zero-order valence-corrected chi connectivity index (χ0v) is 8.68. The summed E-state index contributed by atoms with van der Waals surface area (Å²) in [6, 6.07) is 7.87. The zero-order valence-electron chi connectivity index (χ0n) is 8.68. The molecule has 1 N–H and O–H groups in total. The lowest BCUT2D eigenvalue weighted by Crippen LogP contribution is -2.28. The second-order valence-corrected chi connectivity index (χ2v) is 4.27. The van der Waals surface area contributed by atoms with E-state index in [-0.39, 0.29) is 6.04 Å². The van der Waals surface area contributed by atoms with Gasteiger partial charge in [-0.1, -0.05) is 24.3 Å². The first kappa shape index (κ1) is 9.66. The molecule has 1 saturated heterocycles.